The minimum Gasteiger partial charge on any atom is -0.493 e. The van der Waals surface area contributed by atoms with Gasteiger partial charge in [-0.15, -0.1) is 0 Å². The number of hydrogen-bond acceptors (Lipinski definition) is 7. The number of carbonyl (C=O) groups excluding carboxylic acids is 2. The summed E-state index contributed by atoms with van der Waals surface area (Å²) in [6.07, 6.45) is -3.09. The second kappa shape index (κ2) is 12.6. The van der Waals surface area contributed by atoms with E-state index in [9.17, 15) is 32.9 Å². The second-order valence-corrected chi connectivity index (χ2v) is 15.1. The summed E-state index contributed by atoms with van der Waals surface area (Å²) in [5, 5.41) is 11.7. The van der Waals surface area contributed by atoms with Crippen molar-refractivity contribution in [2.75, 3.05) is 7.11 Å². The van der Waals surface area contributed by atoms with Gasteiger partial charge in [0.25, 0.3) is 0 Å². The van der Waals surface area contributed by atoms with E-state index in [-0.39, 0.29) is 51.8 Å². The highest BCUT2D eigenvalue weighted by molar-refractivity contribution is 6.32. The van der Waals surface area contributed by atoms with Crippen molar-refractivity contribution in [3.63, 3.8) is 0 Å². The summed E-state index contributed by atoms with van der Waals surface area (Å²) in [5.74, 6) is -1.57. The largest absolute Gasteiger partial charge is 0.493 e. The number of ether oxygens (including phenoxy) is 2. The molecule has 1 aliphatic heterocycles. The lowest BCUT2D eigenvalue weighted by atomic mass is 9.63. The van der Waals surface area contributed by atoms with Gasteiger partial charge in [-0.2, -0.15) is 13.2 Å². The Hall–Kier alpha value is -4.64. The first-order chi connectivity index (χ1) is 23.4. The van der Waals surface area contributed by atoms with Crippen molar-refractivity contribution in [3.8, 4) is 17.2 Å². The van der Waals surface area contributed by atoms with Gasteiger partial charge >= 0.3 is 11.9 Å². The maximum absolute atomic E-state index is 14.2. The van der Waals surface area contributed by atoms with Crippen LogP contribution in [-0.2, 0) is 22.3 Å². The summed E-state index contributed by atoms with van der Waals surface area (Å²) in [4.78, 5) is 41.4. The molecule has 1 heterocycles. The van der Waals surface area contributed by atoms with Crippen LogP contribution in [0.2, 0.25) is 5.02 Å². The van der Waals surface area contributed by atoms with E-state index in [1.165, 1.54) is 13.2 Å². The Balaban J connectivity index is 1.52. The fourth-order valence-corrected chi connectivity index (χ4v) is 7.63. The fourth-order valence-electron chi connectivity index (χ4n) is 7.38. The van der Waals surface area contributed by atoms with Crippen molar-refractivity contribution < 1.29 is 37.2 Å². The predicted octanol–water partition coefficient (Wildman–Crippen LogP) is 9.95. The minimum atomic E-state index is -4.81. The molecule has 0 atom stereocenters. The van der Waals surface area contributed by atoms with Gasteiger partial charge in [0.2, 0.25) is 5.75 Å². The fraction of sp³-hybridized carbons (Fsp3) is 0.368. The van der Waals surface area contributed by atoms with Crippen molar-refractivity contribution >= 4 is 28.9 Å². The number of allylic oxidation sites excluding steroid dienone is 4. The normalized spacial score (nSPS) is 18.9. The quantitative estimate of drug-likeness (QED) is 0.178. The van der Waals surface area contributed by atoms with E-state index in [1.807, 2.05) is 30.3 Å². The van der Waals surface area contributed by atoms with E-state index >= 15 is 0 Å². The van der Waals surface area contributed by atoms with Gasteiger partial charge < -0.3 is 14.4 Å². The number of ketones is 2. The number of nitro benzene ring substituents is 1. The van der Waals surface area contributed by atoms with Gasteiger partial charge in [0, 0.05) is 53.9 Å². The molecule has 0 radical (unpaired) electrons. The maximum atomic E-state index is 14.2. The van der Waals surface area contributed by atoms with Crippen molar-refractivity contribution in [1.29, 1.82) is 0 Å². The number of rotatable bonds is 7. The van der Waals surface area contributed by atoms with E-state index in [4.69, 9.17) is 21.1 Å². The van der Waals surface area contributed by atoms with E-state index < -0.39 is 34.0 Å². The van der Waals surface area contributed by atoms with Gasteiger partial charge in [0.15, 0.2) is 23.1 Å². The lowest BCUT2D eigenvalue weighted by Gasteiger charge is -2.49. The van der Waals surface area contributed by atoms with Crippen molar-refractivity contribution in [2.45, 2.75) is 72.0 Å². The number of Topliss-reactive ketones (excluding diaryl/α,β-unsaturated/α-hetero) is 2. The predicted molar refractivity (Wildman–Crippen MR) is 181 cm³/mol. The molecule has 3 aromatic rings. The summed E-state index contributed by atoms with van der Waals surface area (Å²) in [6, 6.07) is 14.9. The molecule has 0 N–H and O–H groups in total. The zero-order valence-corrected chi connectivity index (χ0v) is 29.0. The first-order valence-electron chi connectivity index (χ1n) is 16.1. The van der Waals surface area contributed by atoms with Crippen LogP contribution in [0.25, 0.3) is 0 Å². The molecule has 50 heavy (non-hydrogen) atoms. The first-order valence-corrected chi connectivity index (χ1v) is 16.5. The highest BCUT2D eigenvalue weighted by Crippen LogP contribution is 2.56. The summed E-state index contributed by atoms with van der Waals surface area (Å²) in [5.41, 5.74) is 1.42. The molecule has 0 saturated heterocycles. The zero-order chi connectivity index (χ0) is 36.3. The first kappa shape index (κ1) is 35.2. The number of hydrogen-bond donors (Lipinski definition) is 0. The molecular formula is C38H36ClF3N2O6. The zero-order valence-electron chi connectivity index (χ0n) is 28.2. The molecule has 0 fully saturated rings. The molecule has 3 aromatic carbocycles. The van der Waals surface area contributed by atoms with E-state index in [0.717, 1.165) is 23.0 Å². The molecule has 0 bridgehead atoms. The van der Waals surface area contributed by atoms with Crippen LogP contribution in [0.4, 0.5) is 18.9 Å². The van der Waals surface area contributed by atoms with Crippen LogP contribution in [0.5, 0.6) is 17.2 Å². The lowest BCUT2D eigenvalue weighted by molar-refractivity contribution is -0.385. The van der Waals surface area contributed by atoms with Crippen molar-refractivity contribution in [1.82, 2.24) is 4.90 Å². The molecule has 0 unspecified atom stereocenters. The third-order valence-electron chi connectivity index (χ3n) is 9.49. The van der Waals surface area contributed by atoms with Crippen LogP contribution in [0.3, 0.4) is 0 Å². The SMILES string of the molecule is COc1cc(C2C3=C(CC(C)(C)CC3=O)N(Cc3ccccc3)C3=C2C(=O)CC(C)(C)C3)cc(Cl)c1Oc1ccc(C(F)(F)F)cc1[N+](=O)[O-]. The Morgan fingerprint density at radius 3 is 1.98 bits per heavy atom. The van der Waals surface area contributed by atoms with Gasteiger partial charge in [-0.3, -0.25) is 19.7 Å². The molecule has 0 saturated carbocycles. The maximum Gasteiger partial charge on any atom is 0.416 e. The summed E-state index contributed by atoms with van der Waals surface area (Å²) >= 11 is 6.80. The van der Waals surface area contributed by atoms with Crippen LogP contribution < -0.4 is 9.47 Å². The average molecular weight is 709 g/mol. The van der Waals surface area contributed by atoms with E-state index in [2.05, 4.69) is 32.6 Å². The van der Waals surface area contributed by atoms with Gasteiger partial charge in [-0.05, 0) is 59.1 Å². The molecule has 0 spiro atoms. The third kappa shape index (κ3) is 6.63. The standard InChI is InChI=1S/C38H36ClF3N2O6/c1-36(2)16-26-33(28(45)18-36)32(34-27(17-37(3,4)19-29(34)46)43(26)20-21-9-7-6-8-10-21)22-13-24(39)35(31(14-22)49-5)50-30-12-11-23(38(40,41)42)15-25(30)44(47)48/h6-15,32H,16-20H2,1-5H3. The average Bonchev–Trinajstić information content (AvgIpc) is 3.01. The molecular weight excluding hydrogens is 673 g/mol. The molecule has 262 valence electrons. The van der Waals surface area contributed by atoms with Crippen molar-refractivity contribution in [2.24, 2.45) is 10.8 Å². The monoisotopic (exact) mass is 708 g/mol. The third-order valence-corrected chi connectivity index (χ3v) is 9.77. The lowest BCUT2D eigenvalue weighted by Crippen LogP contribution is -2.44. The highest BCUT2D eigenvalue weighted by atomic mass is 35.5. The highest BCUT2D eigenvalue weighted by Gasteiger charge is 2.49. The van der Waals surface area contributed by atoms with E-state index in [1.54, 1.807) is 6.07 Å². The Labute approximate surface area is 292 Å². The van der Waals surface area contributed by atoms with Crippen LogP contribution >= 0.6 is 11.6 Å². The van der Waals surface area contributed by atoms with Gasteiger partial charge in [-0.1, -0.05) is 69.6 Å². The number of nitrogens with zero attached hydrogens (tertiary/aromatic N) is 2. The number of methoxy groups -OCH3 is 1. The molecule has 12 heteroatoms. The van der Waals surface area contributed by atoms with E-state index in [0.29, 0.717) is 48.2 Å². The summed E-state index contributed by atoms with van der Waals surface area (Å²) in [6.45, 7) is 8.68. The van der Waals surface area contributed by atoms with Crippen LogP contribution in [0.1, 0.15) is 76.0 Å². The topological polar surface area (TPSA) is 99.0 Å². The van der Waals surface area contributed by atoms with Crippen molar-refractivity contribution in [3.05, 3.63) is 115 Å². The Morgan fingerprint density at radius 2 is 1.46 bits per heavy atom. The Morgan fingerprint density at radius 1 is 0.880 bits per heavy atom. The van der Waals surface area contributed by atoms with Gasteiger partial charge in [0.05, 0.1) is 22.6 Å². The minimum absolute atomic E-state index is 0.0184. The number of alkyl halides is 3. The number of benzene rings is 3. The molecule has 0 aromatic heterocycles. The molecule has 0 amide bonds. The molecule has 8 nitrogen and oxygen atoms in total. The molecule has 3 aliphatic rings. The van der Waals surface area contributed by atoms with Gasteiger partial charge in [0.1, 0.15) is 0 Å². The van der Waals surface area contributed by atoms with Crippen LogP contribution in [-0.4, -0.2) is 28.5 Å². The summed E-state index contributed by atoms with van der Waals surface area (Å²) in [7, 11) is 1.32. The number of nitro groups is 1. The smallest absolute Gasteiger partial charge is 0.416 e. The number of halogens is 4. The Bertz CT molecular complexity index is 1930. The number of carbonyl (C=O) groups is 2. The molecule has 6 rings (SSSR count). The van der Waals surface area contributed by atoms with Crippen LogP contribution in [0.15, 0.2) is 83.2 Å². The summed E-state index contributed by atoms with van der Waals surface area (Å²) < 4.78 is 51.4. The Kier molecular flexibility index (Phi) is 8.87. The second-order valence-electron chi connectivity index (χ2n) is 14.7. The van der Waals surface area contributed by atoms with Gasteiger partial charge in [-0.25, -0.2) is 0 Å². The molecule has 2 aliphatic carbocycles. The van der Waals surface area contributed by atoms with Crippen LogP contribution in [0, 0.1) is 20.9 Å².